The van der Waals surface area contributed by atoms with Crippen molar-refractivity contribution in [3.8, 4) is 0 Å². The van der Waals surface area contributed by atoms with Gasteiger partial charge in [0.25, 0.3) is 0 Å². The Labute approximate surface area is 191 Å². The maximum absolute atomic E-state index is 12.8. The van der Waals surface area contributed by atoms with Crippen molar-refractivity contribution in [2.75, 3.05) is 6.54 Å². The summed E-state index contributed by atoms with van der Waals surface area (Å²) in [5, 5.41) is 24.9. The van der Waals surface area contributed by atoms with E-state index in [0.717, 1.165) is 0 Å². The Morgan fingerprint density at radius 2 is 1.33 bits per heavy atom. The number of unbranched alkanes of at least 4 members (excludes halogenated alkanes) is 1. The van der Waals surface area contributed by atoms with Crippen LogP contribution in [0, 0.1) is 0 Å². The number of aliphatic carboxylic acids is 2. The van der Waals surface area contributed by atoms with Crippen molar-refractivity contribution in [1.82, 2.24) is 16.0 Å². The fraction of sp³-hybridized carbons (Fsp3) is 0.684. The summed E-state index contributed by atoms with van der Waals surface area (Å²) in [4.78, 5) is 70.4. The van der Waals surface area contributed by atoms with Gasteiger partial charge in [0.05, 0.1) is 6.04 Å². The van der Waals surface area contributed by atoms with Crippen molar-refractivity contribution in [3.63, 3.8) is 0 Å². The van der Waals surface area contributed by atoms with Crippen molar-refractivity contribution in [1.29, 1.82) is 0 Å². The number of primary amides is 1. The molecule has 0 aliphatic carbocycles. The van der Waals surface area contributed by atoms with Crippen LogP contribution in [0.3, 0.4) is 0 Å². The van der Waals surface area contributed by atoms with Gasteiger partial charge in [-0.3, -0.25) is 28.8 Å². The van der Waals surface area contributed by atoms with E-state index in [2.05, 4.69) is 16.0 Å². The molecule has 0 aromatic heterocycles. The van der Waals surface area contributed by atoms with Crippen LogP contribution in [0.1, 0.15) is 51.9 Å². The Hall–Kier alpha value is -3.26. The summed E-state index contributed by atoms with van der Waals surface area (Å²) >= 11 is 0. The topological polar surface area (TPSA) is 257 Å². The van der Waals surface area contributed by atoms with E-state index in [1.807, 2.05) is 0 Å². The molecule has 0 radical (unpaired) electrons. The average molecular weight is 475 g/mol. The molecule has 0 rings (SSSR count). The zero-order valence-electron chi connectivity index (χ0n) is 18.5. The third kappa shape index (κ3) is 13.0. The van der Waals surface area contributed by atoms with Crippen LogP contribution in [-0.2, 0) is 28.8 Å². The molecule has 33 heavy (non-hydrogen) atoms. The fourth-order valence-electron chi connectivity index (χ4n) is 2.65. The van der Waals surface area contributed by atoms with Gasteiger partial charge in [-0.1, -0.05) is 0 Å². The zero-order valence-corrected chi connectivity index (χ0v) is 18.5. The lowest BCUT2D eigenvalue weighted by molar-refractivity contribution is -0.141. The number of nitrogens with two attached hydrogens (primary N) is 3. The molecule has 4 unspecified atom stereocenters. The first kappa shape index (κ1) is 29.7. The predicted octanol–water partition coefficient (Wildman–Crippen LogP) is -2.87. The molecule has 0 aliphatic heterocycles. The number of carboxylic acids is 2. The minimum atomic E-state index is -1.34. The molecule has 0 aliphatic rings. The van der Waals surface area contributed by atoms with Gasteiger partial charge in [0, 0.05) is 12.8 Å². The summed E-state index contributed by atoms with van der Waals surface area (Å²) in [6, 6.07) is -4.86. The van der Waals surface area contributed by atoms with Gasteiger partial charge in [0.2, 0.25) is 23.6 Å². The Kier molecular flexibility index (Phi) is 14.0. The Bertz CT molecular complexity index is 716. The molecule has 0 saturated heterocycles. The monoisotopic (exact) mass is 474 g/mol. The van der Waals surface area contributed by atoms with Crippen molar-refractivity contribution in [3.05, 3.63) is 0 Å². The quantitative estimate of drug-likeness (QED) is 0.0999. The highest BCUT2D eigenvalue weighted by molar-refractivity contribution is 5.94. The molecule has 4 atom stereocenters. The average Bonchev–Trinajstić information content (AvgIpc) is 2.73. The van der Waals surface area contributed by atoms with Gasteiger partial charge in [-0.25, -0.2) is 0 Å². The van der Waals surface area contributed by atoms with Crippen LogP contribution >= 0.6 is 0 Å². The second kappa shape index (κ2) is 15.5. The fourth-order valence-corrected chi connectivity index (χ4v) is 2.65. The number of nitrogens with one attached hydrogen (secondary N) is 3. The predicted molar refractivity (Wildman–Crippen MR) is 115 cm³/mol. The van der Waals surface area contributed by atoms with Gasteiger partial charge in [-0.2, -0.15) is 0 Å². The van der Waals surface area contributed by atoms with Gasteiger partial charge in [0.1, 0.15) is 18.1 Å². The van der Waals surface area contributed by atoms with E-state index < -0.39 is 66.2 Å². The maximum atomic E-state index is 12.8. The Morgan fingerprint density at radius 3 is 1.85 bits per heavy atom. The number of hydrogen-bond acceptors (Lipinski definition) is 8. The molecule has 0 spiro atoms. The molecular weight excluding hydrogens is 440 g/mol. The molecule has 0 heterocycles. The number of carboxylic acid groups (broad SMARTS) is 2. The first-order valence-corrected chi connectivity index (χ1v) is 10.5. The van der Waals surface area contributed by atoms with Crippen LogP contribution in [0.5, 0.6) is 0 Å². The van der Waals surface area contributed by atoms with Crippen LogP contribution in [-0.4, -0.2) is 76.5 Å². The summed E-state index contributed by atoms with van der Waals surface area (Å²) in [6.07, 6.45) is 0.131. The minimum absolute atomic E-state index is 0.0777. The molecule has 14 heteroatoms. The highest BCUT2D eigenvalue weighted by Gasteiger charge is 2.29. The molecule has 188 valence electrons. The number of rotatable bonds is 17. The number of hydrogen-bond donors (Lipinski definition) is 8. The van der Waals surface area contributed by atoms with Gasteiger partial charge < -0.3 is 43.4 Å². The summed E-state index contributed by atoms with van der Waals surface area (Å²) in [7, 11) is 0. The highest BCUT2D eigenvalue weighted by Crippen LogP contribution is 2.06. The van der Waals surface area contributed by atoms with Gasteiger partial charge in [-0.15, -0.1) is 0 Å². The van der Waals surface area contributed by atoms with E-state index in [1.54, 1.807) is 0 Å². The molecule has 0 fully saturated rings. The lowest BCUT2D eigenvalue weighted by atomic mass is 10.0. The second-order valence-electron chi connectivity index (χ2n) is 7.52. The summed E-state index contributed by atoms with van der Waals surface area (Å²) in [5.41, 5.74) is 16.1. The van der Waals surface area contributed by atoms with Gasteiger partial charge >= 0.3 is 11.9 Å². The van der Waals surface area contributed by atoms with Crippen LogP contribution in [0.2, 0.25) is 0 Å². The summed E-state index contributed by atoms with van der Waals surface area (Å²) in [6.45, 7) is 1.59. The van der Waals surface area contributed by atoms with Crippen LogP contribution < -0.4 is 33.2 Å². The van der Waals surface area contributed by atoms with E-state index in [0.29, 0.717) is 19.4 Å². The van der Waals surface area contributed by atoms with Crippen LogP contribution in [0.25, 0.3) is 0 Å². The molecule has 0 aromatic carbocycles. The third-order valence-electron chi connectivity index (χ3n) is 4.63. The van der Waals surface area contributed by atoms with Gasteiger partial charge in [-0.05, 0) is 45.6 Å². The van der Waals surface area contributed by atoms with E-state index in [1.165, 1.54) is 6.92 Å². The first-order valence-electron chi connectivity index (χ1n) is 10.5. The van der Waals surface area contributed by atoms with E-state index >= 15 is 0 Å². The van der Waals surface area contributed by atoms with Crippen LogP contribution in [0.4, 0.5) is 0 Å². The van der Waals surface area contributed by atoms with E-state index in [9.17, 15) is 28.8 Å². The molecule has 14 nitrogen and oxygen atoms in total. The lowest BCUT2D eigenvalue weighted by Gasteiger charge is -2.24. The SMILES string of the molecule is CC(NC(=O)C(CCCCN)NC(=O)C(CCC(=O)O)NC(=O)C(N)CCC(N)=O)C(=O)O. The number of amides is 4. The number of carbonyl (C=O) groups excluding carboxylic acids is 4. The summed E-state index contributed by atoms with van der Waals surface area (Å²) in [5.74, 6) is -5.55. The van der Waals surface area contributed by atoms with Gasteiger partial charge in [0.15, 0.2) is 0 Å². The molecule has 11 N–H and O–H groups in total. The first-order chi connectivity index (χ1) is 15.4. The summed E-state index contributed by atoms with van der Waals surface area (Å²) < 4.78 is 0. The Balaban J connectivity index is 5.39. The second-order valence-corrected chi connectivity index (χ2v) is 7.52. The van der Waals surface area contributed by atoms with E-state index in [-0.39, 0.29) is 25.7 Å². The standard InChI is InChI=1S/C19H34N6O8/c1-10(19(32)33)23-17(30)12(4-2-3-9-20)25-18(31)13(6-8-15(27)28)24-16(29)11(21)5-7-14(22)26/h10-13H,2-9,20-21H2,1H3,(H2,22,26)(H,23,30)(H,24,29)(H,25,31)(H,27,28)(H,32,33). The third-order valence-corrected chi connectivity index (χ3v) is 4.63. The van der Waals surface area contributed by atoms with Crippen molar-refractivity contribution < 1.29 is 39.0 Å². The molecular formula is C19H34N6O8. The molecule has 0 bridgehead atoms. The lowest BCUT2D eigenvalue weighted by Crippen LogP contribution is -2.57. The normalized spacial score (nSPS) is 14.3. The Morgan fingerprint density at radius 1 is 0.788 bits per heavy atom. The largest absolute Gasteiger partial charge is 0.481 e. The minimum Gasteiger partial charge on any atom is -0.481 e. The maximum Gasteiger partial charge on any atom is 0.325 e. The highest BCUT2D eigenvalue weighted by atomic mass is 16.4. The molecule has 0 aromatic rings. The number of carbonyl (C=O) groups is 6. The van der Waals surface area contributed by atoms with Crippen molar-refractivity contribution in [2.45, 2.75) is 76.0 Å². The zero-order chi connectivity index (χ0) is 25.6. The van der Waals surface area contributed by atoms with Crippen molar-refractivity contribution >= 4 is 35.6 Å². The van der Waals surface area contributed by atoms with Crippen molar-refractivity contribution in [2.24, 2.45) is 17.2 Å². The van der Waals surface area contributed by atoms with Crippen LogP contribution in [0.15, 0.2) is 0 Å². The molecule has 0 saturated carbocycles. The molecule has 4 amide bonds. The smallest absolute Gasteiger partial charge is 0.325 e. The van der Waals surface area contributed by atoms with E-state index in [4.69, 9.17) is 27.4 Å².